The highest BCUT2D eigenvalue weighted by Gasteiger charge is 2.40. The number of morpholine rings is 1. The second-order valence-electron chi connectivity index (χ2n) is 8.65. The van der Waals surface area contributed by atoms with Gasteiger partial charge in [-0.3, -0.25) is 9.59 Å². The monoisotopic (exact) mass is 448 g/mol. The first-order valence-electron chi connectivity index (χ1n) is 11.4. The Morgan fingerprint density at radius 1 is 1.12 bits per heavy atom. The Morgan fingerprint density at radius 3 is 2.70 bits per heavy atom. The van der Waals surface area contributed by atoms with Crippen LogP contribution in [0, 0.1) is 5.92 Å². The molecule has 3 unspecified atom stereocenters. The van der Waals surface area contributed by atoms with Crippen molar-refractivity contribution in [2.75, 3.05) is 38.7 Å². The Balaban J connectivity index is 1.52. The first-order valence-corrected chi connectivity index (χ1v) is 11.4. The highest BCUT2D eigenvalue weighted by Crippen LogP contribution is 2.51. The van der Waals surface area contributed by atoms with Gasteiger partial charge in [0, 0.05) is 25.9 Å². The minimum atomic E-state index is -0.392. The zero-order chi connectivity index (χ0) is 22.9. The molecule has 1 aliphatic carbocycles. The largest absolute Gasteiger partial charge is 0.493 e. The standard InChI is InChI=1S/C26H28N2O5/c1-16(29)33-22-10-9-17(15-23(22)31-2)24-19-6-3-5-18(19)20-7-4-8-21(25(20)27-24)26(30)28-11-13-32-14-12-28/h3-5,7-10,15,18-19,24,27H,6,11-14H2,1-2H3. The first kappa shape index (κ1) is 21.5. The molecule has 2 aliphatic heterocycles. The Hall–Kier alpha value is -3.32. The number of hydrogen-bond donors (Lipinski definition) is 1. The summed E-state index contributed by atoms with van der Waals surface area (Å²) in [5.74, 6) is 1.09. The van der Waals surface area contributed by atoms with E-state index in [2.05, 4.69) is 23.5 Å². The number of para-hydroxylation sites is 1. The van der Waals surface area contributed by atoms with Crippen LogP contribution in [0.4, 0.5) is 5.69 Å². The number of methoxy groups -OCH3 is 1. The second kappa shape index (κ2) is 8.90. The van der Waals surface area contributed by atoms with Crippen LogP contribution in [0.15, 0.2) is 48.6 Å². The summed E-state index contributed by atoms with van der Waals surface area (Å²) >= 11 is 0. The van der Waals surface area contributed by atoms with Gasteiger partial charge in [-0.25, -0.2) is 0 Å². The summed E-state index contributed by atoms with van der Waals surface area (Å²) in [7, 11) is 1.56. The number of carbonyl (C=O) groups is 2. The van der Waals surface area contributed by atoms with Gasteiger partial charge in [-0.2, -0.15) is 0 Å². The van der Waals surface area contributed by atoms with Crippen LogP contribution in [0.3, 0.4) is 0 Å². The minimum absolute atomic E-state index is 0.0172. The maximum atomic E-state index is 13.4. The van der Waals surface area contributed by atoms with Crippen molar-refractivity contribution in [2.45, 2.75) is 25.3 Å². The Kier molecular flexibility index (Phi) is 5.81. The fraction of sp³-hybridized carbons (Fsp3) is 0.385. The number of benzene rings is 2. The predicted octanol–water partition coefficient (Wildman–Crippen LogP) is 3.92. The van der Waals surface area contributed by atoms with Crippen molar-refractivity contribution in [2.24, 2.45) is 5.92 Å². The number of allylic oxidation sites excluding steroid dienone is 2. The van der Waals surface area contributed by atoms with E-state index in [0.717, 1.165) is 23.2 Å². The Morgan fingerprint density at radius 2 is 1.94 bits per heavy atom. The van der Waals surface area contributed by atoms with Gasteiger partial charge >= 0.3 is 5.97 Å². The highest BCUT2D eigenvalue weighted by molar-refractivity contribution is 6.01. The normalized spacial score (nSPS) is 23.3. The van der Waals surface area contributed by atoms with E-state index < -0.39 is 5.97 Å². The van der Waals surface area contributed by atoms with Crippen molar-refractivity contribution < 1.29 is 23.8 Å². The predicted molar refractivity (Wildman–Crippen MR) is 124 cm³/mol. The van der Waals surface area contributed by atoms with Gasteiger partial charge in [-0.15, -0.1) is 0 Å². The maximum absolute atomic E-state index is 13.4. The summed E-state index contributed by atoms with van der Waals surface area (Å²) in [5, 5.41) is 3.70. The van der Waals surface area contributed by atoms with E-state index in [1.54, 1.807) is 13.2 Å². The van der Waals surface area contributed by atoms with Crippen LogP contribution in [0.25, 0.3) is 0 Å². The Bertz CT molecular complexity index is 1110. The molecule has 5 rings (SSSR count). The van der Waals surface area contributed by atoms with Crippen LogP contribution in [0.5, 0.6) is 11.5 Å². The number of nitrogens with zero attached hydrogens (tertiary/aromatic N) is 1. The van der Waals surface area contributed by atoms with Gasteiger partial charge < -0.3 is 24.4 Å². The summed E-state index contributed by atoms with van der Waals surface area (Å²) in [5.41, 5.74) is 3.78. The van der Waals surface area contributed by atoms with Gasteiger partial charge in [0.25, 0.3) is 5.91 Å². The van der Waals surface area contributed by atoms with Crippen molar-refractivity contribution in [1.82, 2.24) is 4.90 Å². The van der Waals surface area contributed by atoms with Gasteiger partial charge in [-0.1, -0.05) is 30.4 Å². The van der Waals surface area contributed by atoms with Crippen molar-refractivity contribution in [3.63, 3.8) is 0 Å². The quantitative estimate of drug-likeness (QED) is 0.434. The lowest BCUT2D eigenvalue weighted by molar-refractivity contribution is -0.132. The number of ether oxygens (including phenoxy) is 3. The average molecular weight is 449 g/mol. The number of nitrogens with one attached hydrogen (secondary N) is 1. The van der Waals surface area contributed by atoms with Crippen LogP contribution < -0.4 is 14.8 Å². The molecule has 1 saturated heterocycles. The van der Waals surface area contributed by atoms with E-state index in [1.807, 2.05) is 29.2 Å². The zero-order valence-electron chi connectivity index (χ0n) is 18.9. The fourth-order valence-corrected chi connectivity index (χ4v) is 5.18. The molecule has 172 valence electrons. The number of rotatable bonds is 4. The molecule has 2 aromatic rings. The Labute approximate surface area is 193 Å². The summed E-state index contributed by atoms with van der Waals surface area (Å²) in [6.07, 6.45) is 5.42. The molecule has 7 heteroatoms. The summed E-state index contributed by atoms with van der Waals surface area (Å²) in [4.78, 5) is 26.7. The molecule has 0 radical (unpaired) electrons. The first-order chi connectivity index (χ1) is 16.1. The summed E-state index contributed by atoms with van der Waals surface area (Å²) < 4.78 is 16.2. The number of fused-ring (bicyclic) bond motifs is 3. The van der Waals surface area contributed by atoms with Crippen LogP contribution in [-0.4, -0.2) is 50.2 Å². The third-order valence-corrected chi connectivity index (χ3v) is 6.73. The third kappa shape index (κ3) is 3.97. The maximum Gasteiger partial charge on any atom is 0.308 e. The van der Waals surface area contributed by atoms with E-state index in [0.29, 0.717) is 49.3 Å². The lowest BCUT2D eigenvalue weighted by atomic mass is 9.76. The number of hydrogen-bond acceptors (Lipinski definition) is 6. The SMILES string of the molecule is COc1cc(C2Nc3c(C(=O)N4CCOCC4)cccc3C3C=CCC32)ccc1OC(C)=O. The van der Waals surface area contributed by atoms with Gasteiger partial charge in [0.15, 0.2) is 11.5 Å². The van der Waals surface area contributed by atoms with E-state index in [4.69, 9.17) is 14.2 Å². The van der Waals surface area contributed by atoms with Crippen LogP contribution in [0.1, 0.15) is 46.8 Å². The molecule has 0 saturated carbocycles. The van der Waals surface area contributed by atoms with Crippen LogP contribution in [-0.2, 0) is 9.53 Å². The number of esters is 1. The van der Waals surface area contributed by atoms with E-state index in [1.165, 1.54) is 6.92 Å². The smallest absolute Gasteiger partial charge is 0.308 e. The van der Waals surface area contributed by atoms with E-state index >= 15 is 0 Å². The van der Waals surface area contributed by atoms with Crippen LogP contribution >= 0.6 is 0 Å². The molecule has 7 nitrogen and oxygen atoms in total. The summed E-state index contributed by atoms with van der Waals surface area (Å²) in [6, 6.07) is 11.6. The van der Waals surface area contributed by atoms with Crippen molar-refractivity contribution in [3.05, 3.63) is 65.2 Å². The molecular formula is C26H28N2O5. The van der Waals surface area contributed by atoms with Crippen molar-refractivity contribution in [1.29, 1.82) is 0 Å². The average Bonchev–Trinajstić information content (AvgIpc) is 3.33. The molecule has 2 aromatic carbocycles. The van der Waals surface area contributed by atoms with Gasteiger partial charge in [0.2, 0.25) is 0 Å². The molecule has 1 amide bonds. The molecule has 0 bridgehead atoms. The fourth-order valence-electron chi connectivity index (χ4n) is 5.18. The molecule has 0 aromatic heterocycles. The molecule has 0 spiro atoms. The molecular weight excluding hydrogens is 420 g/mol. The third-order valence-electron chi connectivity index (χ3n) is 6.73. The van der Waals surface area contributed by atoms with E-state index in [-0.39, 0.29) is 17.9 Å². The van der Waals surface area contributed by atoms with Gasteiger partial charge in [0.05, 0.1) is 37.6 Å². The van der Waals surface area contributed by atoms with E-state index in [9.17, 15) is 9.59 Å². The lowest BCUT2D eigenvalue weighted by Gasteiger charge is -2.39. The van der Waals surface area contributed by atoms with Crippen molar-refractivity contribution >= 4 is 17.6 Å². The van der Waals surface area contributed by atoms with Gasteiger partial charge in [0.1, 0.15) is 0 Å². The molecule has 3 aliphatic rings. The molecule has 33 heavy (non-hydrogen) atoms. The van der Waals surface area contributed by atoms with Gasteiger partial charge in [-0.05, 0) is 41.7 Å². The van der Waals surface area contributed by atoms with Crippen molar-refractivity contribution in [3.8, 4) is 11.5 Å². The highest BCUT2D eigenvalue weighted by atomic mass is 16.6. The second-order valence-corrected chi connectivity index (χ2v) is 8.65. The number of anilines is 1. The molecule has 1 fully saturated rings. The topological polar surface area (TPSA) is 77.1 Å². The lowest BCUT2D eigenvalue weighted by Crippen LogP contribution is -2.41. The molecule has 2 heterocycles. The molecule has 3 atom stereocenters. The number of amides is 1. The molecule has 1 N–H and O–H groups in total. The zero-order valence-corrected chi connectivity index (χ0v) is 18.9. The van der Waals surface area contributed by atoms with Crippen LogP contribution in [0.2, 0.25) is 0 Å². The number of carbonyl (C=O) groups excluding carboxylic acids is 2. The minimum Gasteiger partial charge on any atom is -0.493 e. The summed E-state index contributed by atoms with van der Waals surface area (Å²) in [6.45, 7) is 3.71.